The summed E-state index contributed by atoms with van der Waals surface area (Å²) in [5.74, 6) is 0.573. The van der Waals surface area contributed by atoms with Gasteiger partial charge in [-0.25, -0.2) is 18.9 Å². The number of thiophene rings is 1. The average Bonchev–Trinajstić information content (AvgIpc) is 3.34. The van der Waals surface area contributed by atoms with Crippen LogP contribution in [0.3, 0.4) is 0 Å². The highest BCUT2D eigenvalue weighted by molar-refractivity contribution is 7.12. The van der Waals surface area contributed by atoms with Crippen LogP contribution < -0.4 is 5.69 Å². The molecule has 0 saturated carbocycles. The molecule has 0 aliphatic carbocycles. The molecule has 1 aliphatic heterocycles. The fourth-order valence-corrected chi connectivity index (χ4v) is 4.35. The highest BCUT2D eigenvalue weighted by Gasteiger charge is 2.26. The van der Waals surface area contributed by atoms with Crippen LogP contribution in [0.1, 0.15) is 34.6 Å². The van der Waals surface area contributed by atoms with Crippen molar-refractivity contribution in [2.45, 2.75) is 26.2 Å². The van der Waals surface area contributed by atoms with Crippen LogP contribution in [-0.4, -0.2) is 38.7 Å². The number of H-pyrrole nitrogens is 1. The second kappa shape index (κ2) is 7.71. The zero-order valence-electron chi connectivity index (χ0n) is 15.5. The number of piperidine rings is 1. The fraction of sp³-hybridized carbons (Fsp3) is 0.350. The Labute approximate surface area is 165 Å². The predicted molar refractivity (Wildman–Crippen MR) is 106 cm³/mol. The number of amides is 1. The van der Waals surface area contributed by atoms with Gasteiger partial charge in [0.15, 0.2) is 0 Å². The molecule has 0 unspecified atom stereocenters. The van der Waals surface area contributed by atoms with E-state index in [2.05, 4.69) is 10.2 Å². The standard InChI is InChI=1S/C20H21FN4O2S/c1-13-4-5-15(12-16(13)21)19(26)24-8-6-14(7-9-24)11-17-22-23-20(27)25(17)18-3-2-10-28-18/h2-5,10,12,14H,6-9,11H2,1H3,(H,23,27). The number of rotatable bonds is 4. The highest BCUT2D eigenvalue weighted by Crippen LogP contribution is 2.24. The predicted octanol–water partition coefficient (Wildman–Crippen LogP) is 3.16. The largest absolute Gasteiger partial charge is 0.348 e. The number of carbonyl (C=O) groups is 1. The van der Waals surface area contributed by atoms with Crippen molar-refractivity contribution in [1.29, 1.82) is 0 Å². The maximum absolute atomic E-state index is 13.8. The van der Waals surface area contributed by atoms with Gasteiger partial charge >= 0.3 is 5.69 Å². The van der Waals surface area contributed by atoms with Crippen LogP contribution in [0.2, 0.25) is 0 Å². The van der Waals surface area contributed by atoms with Gasteiger partial charge in [-0.3, -0.25) is 4.79 Å². The molecule has 1 saturated heterocycles. The molecule has 4 rings (SSSR count). The van der Waals surface area contributed by atoms with E-state index in [9.17, 15) is 14.0 Å². The van der Waals surface area contributed by atoms with E-state index in [4.69, 9.17) is 0 Å². The molecule has 8 heteroatoms. The van der Waals surface area contributed by atoms with E-state index in [1.54, 1.807) is 28.5 Å². The zero-order chi connectivity index (χ0) is 19.7. The third kappa shape index (κ3) is 3.64. The molecule has 1 aromatic carbocycles. The van der Waals surface area contributed by atoms with Crippen molar-refractivity contribution in [3.05, 3.63) is 69.0 Å². The Morgan fingerprint density at radius 3 is 2.79 bits per heavy atom. The molecule has 3 aromatic rings. The summed E-state index contributed by atoms with van der Waals surface area (Å²) < 4.78 is 15.4. The van der Waals surface area contributed by atoms with Crippen LogP contribution in [0.5, 0.6) is 0 Å². The van der Waals surface area contributed by atoms with Gasteiger partial charge < -0.3 is 4.90 Å². The first-order valence-corrected chi connectivity index (χ1v) is 10.2. The molecule has 28 heavy (non-hydrogen) atoms. The summed E-state index contributed by atoms with van der Waals surface area (Å²) in [4.78, 5) is 26.5. The lowest BCUT2D eigenvalue weighted by Gasteiger charge is -2.32. The number of hydrogen-bond acceptors (Lipinski definition) is 4. The lowest BCUT2D eigenvalue weighted by atomic mass is 9.92. The molecule has 1 fully saturated rings. The van der Waals surface area contributed by atoms with Gasteiger partial charge in [-0.15, -0.1) is 11.3 Å². The van der Waals surface area contributed by atoms with Crippen LogP contribution in [0, 0.1) is 18.7 Å². The first kappa shape index (κ1) is 18.6. The number of hydrogen-bond donors (Lipinski definition) is 1. The van der Waals surface area contributed by atoms with E-state index >= 15 is 0 Å². The molecule has 0 bridgehead atoms. The maximum Gasteiger partial charge on any atom is 0.348 e. The maximum atomic E-state index is 13.8. The molecular weight excluding hydrogens is 379 g/mol. The molecule has 0 spiro atoms. The topological polar surface area (TPSA) is 71.0 Å². The van der Waals surface area contributed by atoms with Gasteiger partial charge in [-0.1, -0.05) is 6.07 Å². The number of aromatic nitrogens is 3. The van der Waals surface area contributed by atoms with Gasteiger partial charge in [0.05, 0.1) is 0 Å². The van der Waals surface area contributed by atoms with E-state index in [0.717, 1.165) is 23.7 Å². The average molecular weight is 400 g/mol. The van der Waals surface area contributed by atoms with Gasteiger partial charge in [-0.05, 0) is 60.9 Å². The molecule has 146 valence electrons. The Morgan fingerprint density at radius 1 is 1.32 bits per heavy atom. The molecular formula is C20H21FN4O2S. The lowest BCUT2D eigenvalue weighted by molar-refractivity contribution is 0.0689. The number of benzene rings is 1. The minimum Gasteiger partial charge on any atom is -0.339 e. The van der Waals surface area contributed by atoms with Crippen molar-refractivity contribution in [2.24, 2.45) is 5.92 Å². The van der Waals surface area contributed by atoms with Gasteiger partial charge in [0.25, 0.3) is 5.91 Å². The minimum atomic E-state index is -0.356. The summed E-state index contributed by atoms with van der Waals surface area (Å²) in [7, 11) is 0. The molecule has 0 atom stereocenters. The van der Waals surface area contributed by atoms with Crippen LogP contribution in [0.15, 0.2) is 40.5 Å². The molecule has 0 radical (unpaired) electrons. The van der Waals surface area contributed by atoms with Crippen LogP contribution in [-0.2, 0) is 6.42 Å². The number of carbonyl (C=O) groups excluding carboxylic acids is 1. The number of nitrogens with zero attached hydrogens (tertiary/aromatic N) is 3. The Bertz CT molecular complexity index is 1030. The van der Waals surface area contributed by atoms with Crippen molar-refractivity contribution in [2.75, 3.05) is 13.1 Å². The van der Waals surface area contributed by atoms with E-state index in [0.29, 0.717) is 36.6 Å². The molecule has 3 heterocycles. The Balaban J connectivity index is 1.41. The van der Waals surface area contributed by atoms with Crippen LogP contribution >= 0.6 is 11.3 Å². The summed E-state index contributed by atoms with van der Waals surface area (Å²) in [6, 6.07) is 8.43. The number of aromatic amines is 1. The number of nitrogens with one attached hydrogen (secondary N) is 1. The highest BCUT2D eigenvalue weighted by atomic mass is 32.1. The second-order valence-corrected chi connectivity index (χ2v) is 8.06. The summed E-state index contributed by atoms with van der Waals surface area (Å²) >= 11 is 1.49. The van der Waals surface area contributed by atoms with Crippen molar-refractivity contribution in [3.8, 4) is 5.00 Å². The van der Waals surface area contributed by atoms with E-state index < -0.39 is 0 Å². The molecule has 6 nitrogen and oxygen atoms in total. The number of halogens is 1. The first-order chi connectivity index (χ1) is 13.5. The quantitative estimate of drug-likeness (QED) is 0.731. The molecule has 1 N–H and O–H groups in total. The zero-order valence-corrected chi connectivity index (χ0v) is 16.3. The molecule has 2 aromatic heterocycles. The third-order valence-corrected chi connectivity index (χ3v) is 6.11. The Hall–Kier alpha value is -2.74. The van der Waals surface area contributed by atoms with E-state index in [-0.39, 0.29) is 17.4 Å². The summed E-state index contributed by atoms with van der Waals surface area (Å²) in [6.07, 6.45) is 2.33. The normalized spacial score (nSPS) is 15.1. The summed E-state index contributed by atoms with van der Waals surface area (Å²) in [6.45, 7) is 2.92. The summed E-state index contributed by atoms with van der Waals surface area (Å²) in [5, 5.41) is 9.51. The van der Waals surface area contributed by atoms with Crippen LogP contribution in [0.4, 0.5) is 4.39 Å². The smallest absolute Gasteiger partial charge is 0.339 e. The first-order valence-electron chi connectivity index (χ1n) is 9.28. The van der Waals surface area contributed by atoms with Gasteiger partial charge in [0.1, 0.15) is 16.6 Å². The van der Waals surface area contributed by atoms with Gasteiger partial charge in [0, 0.05) is 25.1 Å². The molecule has 1 amide bonds. The SMILES string of the molecule is Cc1ccc(C(=O)N2CCC(Cc3n[nH]c(=O)n3-c3cccs3)CC2)cc1F. The van der Waals surface area contributed by atoms with Gasteiger partial charge in [-0.2, -0.15) is 5.10 Å². The fourth-order valence-electron chi connectivity index (χ4n) is 3.60. The van der Waals surface area contributed by atoms with E-state index in [1.807, 2.05) is 17.5 Å². The Morgan fingerprint density at radius 2 is 2.11 bits per heavy atom. The van der Waals surface area contributed by atoms with Crippen molar-refractivity contribution in [3.63, 3.8) is 0 Å². The van der Waals surface area contributed by atoms with Crippen molar-refractivity contribution < 1.29 is 9.18 Å². The molecule has 1 aliphatic rings. The van der Waals surface area contributed by atoms with Crippen LogP contribution in [0.25, 0.3) is 5.00 Å². The number of aryl methyl sites for hydroxylation is 1. The lowest BCUT2D eigenvalue weighted by Crippen LogP contribution is -2.39. The second-order valence-electron chi connectivity index (χ2n) is 7.14. The number of likely N-dealkylation sites (tertiary alicyclic amines) is 1. The van der Waals surface area contributed by atoms with Crippen molar-refractivity contribution in [1.82, 2.24) is 19.7 Å². The van der Waals surface area contributed by atoms with Crippen molar-refractivity contribution >= 4 is 17.2 Å². The monoisotopic (exact) mass is 400 g/mol. The third-order valence-electron chi connectivity index (χ3n) is 5.26. The Kier molecular flexibility index (Phi) is 5.13. The van der Waals surface area contributed by atoms with E-state index in [1.165, 1.54) is 17.4 Å². The van der Waals surface area contributed by atoms with Gasteiger partial charge in [0.2, 0.25) is 0 Å². The minimum absolute atomic E-state index is 0.132. The summed E-state index contributed by atoms with van der Waals surface area (Å²) in [5.41, 5.74) is 0.692.